The lowest BCUT2D eigenvalue weighted by Crippen LogP contribution is -2.22. The molecule has 2 aliphatic rings. The summed E-state index contributed by atoms with van der Waals surface area (Å²) < 4.78 is 11.4. The van der Waals surface area contributed by atoms with Crippen LogP contribution >= 0.6 is 11.6 Å². The molecule has 1 N–H and O–H groups in total. The van der Waals surface area contributed by atoms with E-state index in [0.29, 0.717) is 12.0 Å². The summed E-state index contributed by atoms with van der Waals surface area (Å²) in [6.07, 6.45) is 4.75. The lowest BCUT2D eigenvalue weighted by Gasteiger charge is -2.23. The Labute approximate surface area is 125 Å². The highest BCUT2D eigenvalue weighted by atomic mass is 35.5. The van der Waals surface area contributed by atoms with Crippen molar-refractivity contribution in [1.82, 2.24) is 5.32 Å². The van der Waals surface area contributed by atoms with E-state index in [1.54, 1.807) is 0 Å². The van der Waals surface area contributed by atoms with Crippen molar-refractivity contribution >= 4 is 11.6 Å². The molecule has 0 bridgehead atoms. The fraction of sp³-hybridized carbons (Fsp3) is 0.625. The van der Waals surface area contributed by atoms with Crippen molar-refractivity contribution in [2.75, 3.05) is 19.8 Å². The number of ether oxygens (including phenoxy) is 2. The van der Waals surface area contributed by atoms with Crippen LogP contribution in [0.25, 0.3) is 0 Å². The average Bonchev–Trinajstić information content (AvgIpc) is 3.29. The van der Waals surface area contributed by atoms with Crippen LogP contribution in [0.5, 0.6) is 5.75 Å². The van der Waals surface area contributed by atoms with E-state index in [1.165, 1.54) is 12.8 Å². The highest BCUT2D eigenvalue weighted by Crippen LogP contribution is 2.29. The van der Waals surface area contributed by atoms with E-state index in [9.17, 15) is 0 Å². The number of rotatable bonds is 6. The molecule has 1 aromatic rings. The molecule has 0 spiro atoms. The first-order valence-electron chi connectivity index (χ1n) is 7.54. The molecule has 2 fully saturated rings. The topological polar surface area (TPSA) is 30.5 Å². The van der Waals surface area contributed by atoms with Crippen LogP contribution in [0.3, 0.4) is 0 Å². The summed E-state index contributed by atoms with van der Waals surface area (Å²) in [5, 5.41) is 4.30. The molecule has 110 valence electrons. The van der Waals surface area contributed by atoms with E-state index in [1.807, 2.05) is 18.2 Å². The zero-order valence-electron chi connectivity index (χ0n) is 11.7. The summed E-state index contributed by atoms with van der Waals surface area (Å²) in [4.78, 5) is 0. The third kappa shape index (κ3) is 3.87. The molecule has 1 saturated carbocycles. The number of hydrogen-bond donors (Lipinski definition) is 1. The molecular formula is C16H22ClNO2. The third-order valence-corrected chi connectivity index (χ3v) is 4.39. The van der Waals surface area contributed by atoms with Gasteiger partial charge in [-0.1, -0.05) is 17.7 Å². The fourth-order valence-electron chi connectivity index (χ4n) is 2.50. The van der Waals surface area contributed by atoms with Crippen molar-refractivity contribution in [2.45, 2.75) is 38.3 Å². The van der Waals surface area contributed by atoms with Gasteiger partial charge in [0.05, 0.1) is 6.61 Å². The van der Waals surface area contributed by atoms with Crippen LogP contribution in [0.1, 0.15) is 31.2 Å². The normalized spacial score (nSPS) is 20.1. The van der Waals surface area contributed by atoms with E-state index >= 15 is 0 Å². The lowest BCUT2D eigenvalue weighted by molar-refractivity contribution is 0.0496. The smallest absolute Gasteiger partial charge is 0.125 e. The highest BCUT2D eigenvalue weighted by molar-refractivity contribution is 6.31. The lowest BCUT2D eigenvalue weighted by atomic mass is 10.0. The minimum atomic E-state index is 0.604. The predicted octanol–water partition coefficient (Wildman–Crippen LogP) is 3.40. The van der Waals surface area contributed by atoms with Crippen LogP contribution in [-0.2, 0) is 11.3 Å². The SMILES string of the molecule is Clc1cccc(OCC2CCOCC2)c1CNC1CC1. The van der Waals surface area contributed by atoms with Crippen LogP contribution in [0.2, 0.25) is 5.02 Å². The maximum Gasteiger partial charge on any atom is 0.125 e. The molecule has 4 heteroatoms. The van der Waals surface area contributed by atoms with Gasteiger partial charge in [0.25, 0.3) is 0 Å². The van der Waals surface area contributed by atoms with E-state index in [-0.39, 0.29) is 0 Å². The first-order valence-corrected chi connectivity index (χ1v) is 7.92. The minimum absolute atomic E-state index is 0.604. The van der Waals surface area contributed by atoms with Gasteiger partial charge in [-0.05, 0) is 43.7 Å². The standard InChI is InChI=1S/C16H22ClNO2/c17-15-2-1-3-16(14(15)10-18-13-4-5-13)20-11-12-6-8-19-9-7-12/h1-3,12-13,18H,4-11H2. The van der Waals surface area contributed by atoms with Gasteiger partial charge in [-0.2, -0.15) is 0 Å². The van der Waals surface area contributed by atoms with Crippen LogP contribution in [-0.4, -0.2) is 25.9 Å². The van der Waals surface area contributed by atoms with Gasteiger partial charge in [-0.25, -0.2) is 0 Å². The Morgan fingerprint density at radius 2 is 2.00 bits per heavy atom. The molecule has 3 rings (SSSR count). The molecule has 0 unspecified atom stereocenters. The molecule has 1 aliphatic carbocycles. The molecule has 0 atom stereocenters. The van der Waals surface area contributed by atoms with Crippen molar-refractivity contribution in [3.05, 3.63) is 28.8 Å². The van der Waals surface area contributed by atoms with Gasteiger partial charge in [0.2, 0.25) is 0 Å². The van der Waals surface area contributed by atoms with Crippen LogP contribution in [0.4, 0.5) is 0 Å². The zero-order chi connectivity index (χ0) is 13.8. The first kappa shape index (κ1) is 14.2. The van der Waals surface area contributed by atoms with Gasteiger partial charge in [0.15, 0.2) is 0 Å². The summed E-state index contributed by atoms with van der Waals surface area (Å²) in [5.41, 5.74) is 1.09. The predicted molar refractivity (Wildman–Crippen MR) is 80.4 cm³/mol. The number of nitrogens with one attached hydrogen (secondary N) is 1. The summed E-state index contributed by atoms with van der Waals surface area (Å²) in [5.74, 6) is 1.53. The molecule has 0 aromatic heterocycles. The van der Waals surface area contributed by atoms with Crippen LogP contribution in [0, 0.1) is 5.92 Å². The summed E-state index contributed by atoms with van der Waals surface area (Å²) in [7, 11) is 0. The second-order valence-corrected chi connectivity index (χ2v) is 6.15. The van der Waals surface area contributed by atoms with Crippen molar-refractivity contribution in [2.24, 2.45) is 5.92 Å². The minimum Gasteiger partial charge on any atom is -0.493 e. The van der Waals surface area contributed by atoms with Gasteiger partial charge in [-0.3, -0.25) is 0 Å². The van der Waals surface area contributed by atoms with E-state index in [0.717, 1.165) is 55.5 Å². The van der Waals surface area contributed by atoms with Gasteiger partial charge in [-0.15, -0.1) is 0 Å². The largest absolute Gasteiger partial charge is 0.493 e. The molecule has 0 radical (unpaired) electrons. The Morgan fingerprint density at radius 3 is 2.75 bits per heavy atom. The molecule has 3 nitrogen and oxygen atoms in total. The Hall–Kier alpha value is -0.770. The van der Waals surface area contributed by atoms with Crippen LogP contribution in [0.15, 0.2) is 18.2 Å². The second kappa shape index (κ2) is 6.79. The van der Waals surface area contributed by atoms with E-state index < -0.39 is 0 Å². The molecular weight excluding hydrogens is 274 g/mol. The third-order valence-electron chi connectivity index (χ3n) is 4.04. The van der Waals surface area contributed by atoms with Crippen molar-refractivity contribution < 1.29 is 9.47 Å². The van der Waals surface area contributed by atoms with Gasteiger partial charge >= 0.3 is 0 Å². The van der Waals surface area contributed by atoms with Gasteiger partial charge < -0.3 is 14.8 Å². The van der Waals surface area contributed by atoms with E-state index in [4.69, 9.17) is 21.1 Å². The molecule has 1 aliphatic heterocycles. The number of hydrogen-bond acceptors (Lipinski definition) is 3. The van der Waals surface area contributed by atoms with Crippen LogP contribution < -0.4 is 10.1 Å². The number of halogens is 1. The maximum atomic E-state index is 6.31. The summed E-state index contributed by atoms with van der Waals surface area (Å²) in [6.45, 7) is 3.28. The maximum absolute atomic E-state index is 6.31. The second-order valence-electron chi connectivity index (χ2n) is 5.74. The molecule has 1 saturated heterocycles. The Balaban J connectivity index is 1.59. The Kier molecular flexibility index (Phi) is 4.81. The van der Waals surface area contributed by atoms with Gasteiger partial charge in [0.1, 0.15) is 5.75 Å². The van der Waals surface area contributed by atoms with Gasteiger partial charge in [0, 0.05) is 36.4 Å². The molecule has 1 aromatic carbocycles. The molecule has 0 amide bonds. The Morgan fingerprint density at radius 1 is 1.20 bits per heavy atom. The number of benzene rings is 1. The monoisotopic (exact) mass is 295 g/mol. The van der Waals surface area contributed by atoms with Crippen molar-refractivity contribution in [1.29, 1.82) is 0 Å². The quantitative estimate of drug-likeness (QED) is 0.872. The van der Waals surface area contributed by atoms with E-state index in [2.05, 4.69) is 5.32 Å². The highest BCUT2D eigenvalue weighted by Gasteiger charge is 2.21. The summed E-state index contributed by atoms with van der Waals surface area (Å²) >= 11 is 6.31. The molecule has 1 heterocycles. The molecule has 20 heavy (non-hydrogen) atoms. The Bertz CT molecular complexity index is 442. The zero-order valence-corrected chi connectivity index (χ0v) is 12.5. The van der Waals surface area contributed by atoms with Crippen molar-refractivity contribution in [3.8, 4) is 5.75 Å². The fourth-order valence-corrected chi connectivity index (χ4v) is 2.73. The summed E-state index contributed by atoms with van der Waals surface area (Å²) in [6, 6.07) is 6.60. The average molecular weight is 296 g/mol. The first-order chi connectivity index (χ1) is 9.83. The van der Waals surface area contributed by atoms with Crippen molar-refractivity contribution in [3.63, 3.8) is 0 Å².